The maximum Gasteiger partial charge on any atom is 0.0571 e. The maximum absolute atomic E-state index is 2.32. The van der Waals surface area contributed by atoms with Gasteiger partial charge in [-0.15, -0.1) is 0 Å². The van der Waals surface area contributed by atoms with Crippen LogP contribution in [0.4, 0.5) is 0 Å². The maximum atomic E-state index is 2.32. The van der Waals surface area contributed by atoms with Gasteiger partial charge in [-0.05, 0) is 38.5 Å². The second kappa shape index (κ2) is 29.7. The van der Waals surface area contributed by atoms with Crippen LogP contribution in [0.3, 0.4) is 0 Å². The molecule has 0 N–H and O–H groups in total. The Hall–Kier alpha value is 1.55. The van der Waals surface area contributed by atoms with Crippen molar-refractivity contribution in [1.82, 2.24) is 0 Å². The first-order chi connectivity index (χ1) is 12.7. The van der Waals surface area contributed by atoms with Crippen LogP contribution in [-0.2, 0) is 21.1 Å². The Labute approximate surface area is 192 Å². The molecule has 0 aliphatic heterocycles. The molecule has 0 aromatic heterocycles. The Morgan fingerprint density at radius 1 is 0.333 bits per heavy atom. The molecule has 0 radical (unpaired) electrons. The van der Waals surface area contributed by atoms with Crippen LogP contribution in [0.5, 0.6) is 0 Å². The first kappa shape index (κ1) is 33.2. The van der Waals surface area contributed by atoms with Gasteiger partial charge < -0.3 is 0 Å². The molecule has 0 rings (SSSR count). The van der Waals surface area contributed by atoms with Gasteiger partial charge in [0.25, 0.3) is 0 Å². The fourth-order valence-corrected chi connectivity index (χ4v) is 9.93. The van der Waals surface area contributed by atoms with E-state index in [0.717, 1.165) is 0 Å². The van der Waals surface area contributed by atoms with E-state index >= 15 is 0 Å². The number of rotatable bonds is 18. The normalized spacial score (nSPS) is 10.7. The third kappa shape index (κ3) is 27.5. The van der Waals surface area contributed by atoms with Crippen molar-refractivity contribution in [2.45, 2.75) is 119 Å². The second-order valence-corrected chi connectivity index (χ2v) is 14.1. The SMILES string of the molecule is CCCC[PH+](CCCC)CCCC.CCCC[PH+](CCCC)CCCC.[Pt]. The molecule has 0 bridgehead atoms. The third-order valence-electron chi connectivity index (χ3n) is 5.30. The molecule has 0 fully saturated rings. The summed E-state index contributed by atoms with van der Waals surface area (Å²) in [7, 11) is 0.135. The van der Waals surface area contributed by atoms with Gasteiger partial charge in [0.05, 0.1) is 37.0 Å². The zero-order chi connectivity index (χ0) is 19.9. The van der Waals surface area contributed by atoms with Crippen LogP contribution in [0.1, 0.15) is 119 Å². The Balaban J connectivity index is -0.000000411. The standard InChI is InChI=1S/2C12H27P.Pt/c2*1-4-7-10-13(11-8-5-2)12-9-6-3;/h2*4-12H2,1-3H3;/p+2. The van der Waals surface area contributed by atoms with E-state index in [4.69, 9.17) is 0 Å². The van der Waals surface area contributed by atoms with E-state index in [1.54, 1.807) is 37.0 Å². The molecule has 3 heteroatoms. The van der Waals surface area contributed by atoms with Crippen LogP contribution in [0.15, 0.2) is 0 Å². The summed E-state index contributed by atoms with van der Waals surface area (Å²) in [6, 6.07) is 0. The first-order valence-electron chi connectivity index (χ1n) is 12.4. The van der Waals surface area contributed by atoms with E-state index in [9.17, 15) is 0 Å². The molecule has 0 atom stereocenters. The molecule has 0 saturated heterocycles. The van der Waals surface area contributed by atoms with E-state index < -0.39 is 0 Å². The predicted molar refractivity (Wildman–Crippen MR) is 135 cm³/mol. The van der Waals surface area contributed by atoms with Gasteiger partial charge in [0, 0.05) is 36.9 Å². The quantitative estimate of drug-likeness (QED) is 0.137. The largest absolute Gasteiger partial charge is 0.0652 e. The summed E-state index contributed by atoms with van der Waals surface area (Å²) in [6.07, 6.45) is 26.8. The fourth-order valence-electron chi connectivity index (χ4n) is 3.31. The predicted octanol–water partition coefficient (Wildman–Crippen LogP) is 9.20. The van der Waals surface area contributed by atoms with Crippen molar-refractivity contribution in [1.29, 1.82) is 0 Å². The molecular weight excluding hydrogens is 545 g/mol. The van der Waals surface area contributed by atoms with Gasteiger partial charge in [-0.25, -0.2) is 0 Å². The van der Waals surface area contributed by atoms with Crippen molar-refractivity contribution in [2.24, 2.45) is 0 Å². The van der Waals surface area contributed by atoms with Crippen LogP contribution in [0.25, 0.3) is 0 Å². The van der Waals surface area contributed by atoms with Crippen LogP contribution in [0, 0.1) is 0 Å². The van der Waals surface area contributed by atoms with Gasteiger partial charge in [-0.1, -0.05) is 80.1 Å². The molecule has 27 heavy (non-hydrogen) atoms. The summed E-state index contributed by atoms with van der Waals surface area (Å²) in [5.74, 6) is 0. The summed E-state index contributed by atoms with van der Waals surface area (Å²) >= 11 is 0. The molecule has 0 aliphatic carbocycles. The van der Waals surface area contributed by atoms with Crippen LogP contribution >= 0.6 is 15.8 Å². The summed E-state index contributed by atoms with van der Waals surface area (Å²) in [5.41, 5.74) is 0. The molecule has 0 spiro atoms. The molecule has 0 unspecified atom stereocenters. The van der Waals surface area contributed by atoms with E-state index in [1.807, 2.05) is 0 Å². The van der Waals surface area contributed by atoms with Crippen LogP contribution in [0.2, 0.25) is 0 Å². The number of unbranched alkanes of at least 4 members (excludes halogenated alkanes) is 6. The van der Waals surface area contributed by atoms with Crippen molar-refractivity contribution in [2.75, 3.05) is 37.0 Å². The Bertz CT molecular complexity index is 174. The summed E-state index contributed by atoms with van der Waals surface area (Å²) in [6.45, 7) is 13.9. The molecule has 0 amide bonds. The van der Waals surface area contributed by atoms with Crippen molar-refractivity contribution in [3.63, 3.8) is 0 Å². The molecule has 0 aromatic rings. The molecule has 0 saturated carbocycles. The van der Waals surface area contributed by atoms with Crippen molar-refractivity contribution >= 4 is 15.8 Å². The molecule has 0 heterocycles. The molecule has 0 aromatic carbocycles. The van der Waals surface area contributed by atoms with E-state index in [1.165, 1.54) is 77.0 Å². The zero-order valence-corrected chi connectivity index (χ0v) is 24.3. The van der Waals surface area contributed by atoms with E-state index in [0.29, 0.717) is 0 Å². The van der Waals surface area contributed by atoms with E-state index in [-0.39, 0.29) is 36.9 Å². The van der Waals surface area contributed by atoms with Crippen LogP contribution < -0.4 is 0 Å². The van der Waals surface area contributed by atoms with Gasteiger partial charge in [-0.3, -0.25) is 0 Å². The molecule has 0 nitrogen and oxygen atoms in total. The average Bonchev–Trinajstić information content (AvgIpc) is 2.67. The van der Waals surface area contributed by atoms with Gasteiger partial charge in [-0.2, -0.15) is 0 Å². The second-order valence-electron chi connectivity index (χ2n) is 8.12. The van der Waals surface area contributed by atoms with Crippen molar-refractivity contribution in [3.8, 4) is 0 Å². The number of hydrogen-bond acceptors (Lipinski definition) is 0. The van der Waals surface area contributed by atoms with Crippen molar-refractivity contribution in [3.05, 3.63) is 0 Å². The molecular formula is C24H56P2Pt+2. The summed E-state index contributed by atoms with van der Waals surface area (Å²) in [5, 5.41) is 0. The zero-order valence-electron chi connectivity index (χ0n) is 20.0. The smallest absolute Gasteiger partial charge is 0.0571 e. The Morgan fingerprint density at radius 3 is 0.593 bits per heavy atom. The van der Waals surface area contributed by atoms with Gasteiger partial charge in [0.2, 0.25) is 0 Å². The van der Waals surface area contributed by atoms with Gasteiger partial charge in [0.1, 0.15) is 0 Å². The van der Waals surface area contributed by atoms with Gasteiger partial charge >= 0.3 is 0 Å². The monoisotopic (exact) mass is 601 g/mol. The first-order valence-corrected chi connectivity index (χ1v) is 16.6. The number of hydrogen-bond donors (Lipinski definition) is 0. The minimum atomic E-state index is 0. The van der Waals surface area contributed by atoms with Crippen LogP contribution in [-0.4, -0.2) is 37.0 Å². The third-order valence-corrected chi connectivity index (χ3v) is 11.7. The average molecular weight is 602 g/mol. The Kier molecular flexibility index (Phi) is 36.6. The van der Waals surface area contributed by atoms with Crippen molar-refractivity contribution < 1.29 is 21.1 Å². The fraction of sp³-hybridized carbons (Fsp3) is 1.00. The van der Waals surface area contributed by atoms with Gasteiger partial charge in [0.15, 0.2) is 0 Å². The summed E-state index contributed by atoms with van der Waals surface area (Å²) in [4.78, 5) is 0. The molecule has 170 valence electrons. The topological polar surface area (TPSA) is 0 Å². The minimum absolute atomic E-state index is 0. The summed E-state index contributed by atoms with van der Waals surface area (Å²) < 4.78 is 0. The molecule has 0 aliphatic rings. The van der Waals surface area contributed by atoms with E-state index in [2.05, 4.69) is 41.5 Å². The minimum Gasteiger partial charge on any atom is -0.0652 e. The Morgan fingerprint density at radius 2 is 0.481 bits per heavy atom.